The van der Waals surface area contributed by atoms with Gasteiger partial charge in [-0.3, -0.25) is 9.52 Å². The molecule has 1 saturated heterocycles. The first-order chi connectivity index (χ1) is 15.9. The number of pyridine rings is 1. The van der Waals surface area contributed by atoms with E-state index in [4.69, 9.17) is 4.74 Å². The number of methoxy groups -OCH3 is 1. The summed E-state index contributed by atoms with van der Waals surface area (Å²) in [6.07, 6.45) is 3.14. The number of sulfonamides is 1. The van der Waals surface area contributed by atoms with Crippen molar-refractivity contribution in [1.82, 2.24) is 15.2 Å². The lowest BCUT2D eigenvalue weighted by Gasteiger charge is -2.31. The lowest BCUT2D eigenvalue weighted by atomic mass is 10.1. The maximum atomic E-state index is 13.5. The van der Waals surface area contributed by atoms with Gasteiger partial charge in [0.25, 0.3) is 15.9 Å². The number of carbonyl (C=O) groups is 1. The molecule has 1 aliphatic heterocycles. The van der Waals surface area contributed by atoms with Crippen molar-refractivity contribution in [2.75, 3.05) is 56.0 Å². The van der Waals surface area contributed by atoms with Gasteiger partial charge in [-0.1, -0.05) is 19.9 Å². The van der Waals surface area contributed by atoms with Gasteiger partial charge < -0.3 is 19.9 Å². The van der Waals surface area contributed by atoms with E-state index in [1.165, 1.54) is 25.4 Å². The summed E-state index contributed by atoms with van der Waals surface area (Å²) in [5.74, 6) is 0.890. The normalized spacial score (nSPS) is 14.1. The van der Waals surface area contributed by atoms with Crippen LogP contribution in [0.5, 0.6) is 5.75 Å². The van der Waals surface area contributed by atoms with Gasteiger partial charge in [-0.25, -0.2) is 13.4 Å². The highest BCUT2D eigenvalue weighted by Crippen LogP contribution is 2.26. The van der Waals surface area contributed by atoms with Crippen molar-refractivity contribution in [2.24, 2.45) is 0 Å². The van der Waals surface area contributed by atoms with E-state index in [2.05, 4.69) is 19.9 Å². The number of hydrogen-bond acceptors (Lipinski definition) is 7. The summed E-state index contributed by atoms with van der Waals surface area (Å²) < 4.78 is 33.6. The Hall–Kier alpha value is -2.85. The highest BCUT2D eigenvalue weighted by molar-refractivity contribution is 7.92. The summed E-state index contributed by atoms with van der Waals surface area (Å²) >= 11 is 0. The van der Waals surface area contributed by atoms with Gasteiger partial charge in [-0.15, -0.1) is 0 Å². The van der Waals surface area contributed by atoms with Gasteiger partial charge in [0.2, 0.25) is 0 Å². The Labute approximate surface area is 196 Å². The van der Waals surface area contributed by atoms with E-state index in [9.17, 15) is 13.2 Å². The minimum Gasteiger partial charge on any atom is -0.497 e. The molecule has 2 N–H and O–H groups in total. The maximum Gasteiger partial charge on any atom is 0.262 e. The molecule has 2 aromatic rings. The highest BCUT2D eigenvalue weighted by atomic mass is 32.2. The van der Waals surface area contributed by atoms with Crippen molar-refractivity contribution in [3.05, 3.63) is 42.1 Å². The molecule has 1 fully saturated rings. The number of carbonyl (C=O) groups excluding carboxylic acids is 1. The molecule has 3 rings (SSSR count). The van der Waals surface area contributed by atoms with Gasteiger partial charge in [0, 0.05) is 45.3 Å². The van der Waals surface area contributed by atoms with Gasteiger partial charge >= 0.3 is 0 Å². The fourth-order valence-corrected chi connectivity index (χ4v) is 4.88. The van der Waals surface area contributed by atoms with E-state index < -0.39 is 10.0 Å². The van der Waals surface area contributed by atoms with Crippen LogP contribution >= 0.6 is 0 Å². The molecule has 0 bridgehead atoms. The molecule has 33 heavy (non-hydrogen) atoms. The smallest absolute Gasteiger partial charge is 0.262 e. The molecule has 1 aromatic heterocycles. The lowest BCUT2D eigenvalue weighted by molar-refractivity contribution is 0.0755. The molecular weight excluding hydrogens is 442 g/mol. The second-order valence-corrected chi connectivity index (χ2v) is 9.59. The van der Waals surface area contributed by atoms with Crippen molar-refractivity contribution in [3.8, 4) is 5.75 Å². The van der Waals surface area contributed by atoms with Crippen molar-refractivity contribution < 1.29 is 17.9 Å². The maximum absolute atomic E-state index is 13.5. The molecule has 0 unspecified atom stereocenters. The van der Waals surface area contributed by atoms with Crippen LogP contribution in [0.25, 0.3) is 0 Å². The zero-order chi connectivity index (χ0) is 23.8. The van der Waals surface area contributed by atoms with E-state index in [0.717, 1.165) is 39.0 Å². The number of ether oxygens (including phenoxy) is 1. The molecule has 9 nitrogen and oxygen atoms in total. The number of anilines is 2. The number of rotatable bonds is 10. The van der Waals surface area contributed by atoms with Gasteiger partial charge in [-0.2, -0.15) is 0 Å². The summed E-state index contributed by atoms with van der Waals surface area (Å²) in [6.45, 7) is 8.38. The molecule has 0 radical (unpaired) electrons. The molecule has 0 atom stereocenters. The third kappa shape index (κ3) is 6.14. The number of hydrogen-bond donors (Lipinski definition) is 2. The fraction of sp³-hybridized carbons (Fsp3) is 0.478. The summed E-state index contributed by atoms with van der Waals surface area (Å²) in [6, 6.07) is 7.82. The van der Waals surface area contributed by atoms with E-state index >= 15 is 0 Å². The van der Waals surface area contributed by atoms with Crippen LogP contribution in [0.1, 0.15) is 37.0 Å². The molecule has 0 spiro atoms. The highest BCUT2D eigenvalue weighted by Gasteiger charge is 2.25. The standard InChI is InChI=1S/C23H33N5O4S/c1-4-11-28(12-5-2)23(29)21-15-18(17-25-22(21)27-13-9-24-10-14-27)26-33(30,31)20-8-6-7-19(16-20)32-3/h6-8,15-17,24,26H,4-5,9-14H2,1-3H3. The van der Waals surface area contributed by atoms with Crippen LogP contribution in [0.15, 0.2) is 41.4 Å². The number of amides is 1. The van der Waals surface area contributed by atoms with Gasteiger partial charge in [0.1, 0.15) is 11.6 Å². The summed E-state index contributed by atoms with van der Waals surface area (Å²) in [5.41, 5.74) is 0.651. The van der Waals surface area contributed by atoms with Crippen LogP contribution in [0.3, 0.4) is 0 Å². The SMILES string of the molecule is CCCN(CCC)C(=O)c1cc(NS(=O)(=O)c2cccc(OC)c2)cnc1N1CCNCC1. The first kappa shape index (κ1) is 24.8. The Morgan fingerprint density at radius 2 is 1.88 bits per heavy atom. The van der Waals surface area contributed by atoms with Crippen molar-refractivity contribution in [1.29, 1.82) is 0 Å². The van der Waals surface area contributed by atoms with Crippen molar-refractivity contribution >= 4 is 27.4 Å². The fourth-order valence-electron chi connectivity index (χ4n) is 3.81. The molecule has 1 aromatic carbocycles. The van der Waals surface area contributed by atoms with Gasteiger partial charge in [0.15, 0.2) is 0 Å². The molecule has 1 aliphatic rings. The minimum absolute atomic E-state index is 0.0690. The second-order valence-electron chi connectivity index (χ2n) is 7.91. The summed E-state index contributed by atoms with van der Waals surface area (Å²) in [4.78, 5) is 22.0. The van der Waals surface area contributed by atoms with Crippen LogP contribution in [0, 0.1) is 0 Å². The molecule has 1 amide bonds. The average Bonchev–Trinajstić information content (AvgIpc) is 2.84. The second kappa shape index (κ2) is 11.3. The largest absolute Gasteiger partial charge is 0.497 e. The van der Waals surface area contributed by atoms with Crippen LogP contribution in [0.4, 0.5) is 11.5 Å². The van der Waals surface area contributed by atoms with E-state index in [-0.39, 0.29) is 16.5 Å². The van der Waals surface area contributed by atoms with E-state index in [1.807, 2.05) is 18.7 Å². The molecule has 10 heteroatoms. The van der Waals surface area contributed by atoms with Gasteiger partial charge in [0.05, 0.1) is 29.5 Å². The number of piperazine rings is 1. The number of aromatic nitrogens is 1. The molecular formula is C23H33N5O4S. The van der Waals surface area contributed by atoms with Crippen LogP contribution < -0.4 is 19.7 Å². The van der Waals surface area contributed by atoms with Crippen LogP contribution in [0.2, 0.25) is 0 Å². The Morgan fingerprint density at radius 3 is 2.52 bits per heavy atom. The van der Waals surface area contributed by atoms with Gasteiger partial charge in [-0.05, 0) is 31.0 Å². The first-order valence-electron chi connectivity index (χ1n) is 11.3. The minimum atomic E-state index is -3.89. The summed E-state index contributed by atoms with van der Waals surface area (Å²) in [7, 11) is -2.40. The topological polar surface area (TPSA) is 104 Å². The first-order valence-corrected chi connectivity index (χ1v) is 12.8. The van der Waals surface area contributed by atoms with Crippen molar-refractivity contribution in [2.45, 2.75) is 31.6 Å². The monoisotopic (exact) mass is 475 g/mol. The summed E-state index contributed by atoms with van der Waals surface area (Å²) in [5, 5.41) is 3.30. The Balaban J connectivity index is 1.97. The zero-order valence-corrected chi connectivity index (χ0v) is 20.3. The predicted octanol–water partition coefficient (Wildman–Crippen LogP) is 2.56. The molecule has 180 valence electrons. The molecule has 0 saturated carbocycles. The Morgan fingerprint density at radius 1 is 1.18 bits per heavy atom. The third-order valence-electron chi connectivity index (χ3n) is 5.39. The molecule has 0 aliphatic carbocycles. The molecule has 2 heterocycles. The third-order valence-corrected chi connectivity index (χ3v) is 6.77. The Bertz CT molecular complexity index is 1050. The lowest BCUT2D eigenvalue weighted by Crippen LogP contribution is -2.45. The Kier molecular flexibility index (Phi) is 8.51. The zero-order valence-electron chi connectivity index (χ0n) is 19.5. The predicted molar refractivity (Wildman–Crippen MR) is 130 cm³/mol. The van der Waals surface area contributed by atoms with E-state index in [0.29, 0.717) is 30.2 Å². The number of nitrogens with one attached hydrogen (secondary N) is 2. The number of nitrogens with zero attached hydrogens (tertiary/aromatic N) is 3. The number of benzene rings is 1. The van der Waals surface area contributed by atoms with Crippen molar-refractivity contribution in [3.63, 3.8) is 0 Å². The van der Waals surface area contributed by atoms with E-state index in [1.54, 1.807) is 18.2 Å². The van der Waals surface area contributed by atoms with Crippen LogP contribution in [-0.2, 0) is 10.0 Å². The van der Waals surface area contributed by atoms with Crippen LogP contribution in [-0.4, -0.2) is 70.6 Å². The quantitative estimate of drug-likeness (QED) is 0.544. The average molecular weight is 476 g/mol.